The van der Waals surface area contributed by atoms with Gasteiger partial charge in [-0.2, -0.15) is 5.26 Å². The third kappa shape index (κ3) is 4.03. The molecule has 1 aromatic carbocycles. The summed E-state index contributed by atoms with van der Waals surface area (Å²) in [6, 6.07) is 7.64. The van der Waals surface area contributed by atoms with Crippen LogP contribution in [0.25, 0.3) is 0 Å². The molecule has 0 bridgehead atoms. The number of ketones is 1. The number of amides is 1. The Balaban J connectivity index is 1.66. The quantitative estimate of drug-likeness (QED) is 0.442. The molecule has 5 rings (SSSR count). The summed E-state index contributed by atoms with van der Waals surface area (Å²) in [5.74, 6) is -0.392. The average Bonchev–Trinajstić information content (AvgIpc) is 3.09. The number of fused-ring (bicyclic) bond motifs is 1. The van der Waals surface area contributed by atoms with E-state index in [1.54, 1.807) is 28.4 Å². The van der Waals surface area contributed by atoms with Crippen LogP contribution in [0.15, 0.2) is 29.5 Å². The standard InChI is InChI=1S/C26H24Cl2N2O2S/c27-15-10-11-16(20(28)12-15)18-13-24(32)30(21-7-5-8-22(31)25(18)21)26-19(14-29)17-6-3-1-2-4-9-23(17)33-26/h10-12,18H,1-9,13H2/t18-/m0/s1. The highest BCUT2D eigenvalue weighted by Crippen LogP contribution is 2.48. The van der Waals surface area contributed by atoms with E-state index in [1.807, 2.05) is 6.07 Å². The maximum absolute atomic E-state index is 13.6. The van der Waals surface area contributed by atoms with Gasteiger partial charge in [-0.25, -0.2) is 0 Å². The number of hydrogen-bond donors (Lipinski definition) is 0. The maximum atomic E-state index is 13.6. The number of Topliss-reactive ketones (excluding diaryl/α,β-unsaturated/α-hetero) is 1. The van der Waals surface area contributed by atoms with Gasteiger partial charge < -0.3 is 0 Å². The Bertz CT molecular complexity index is 1220. The second-order valence-electron chi connectivity index (χ2n) is 9.00. The molecule has 0 spiro atoms. The van der Waals surface area contributed by atoms with E-state index in [1.165, 1.54) is 17.7 Å². The number of rotatable bonds is 2. The third-order valence-corrected chi connectivity index (χ3v) is 8.82. The highest BCUT2D eigenvalue weighted by atomic mass is 35.5. The summed E-state index contributed by atoms with van der Waals surface area (Å²) in [5.41, 5.74) is 3.92. The smallest absolute Gasteiger partial charge is 0.232 e. The predicted molar refractivity (Wildman–Crippen MR) is 132 cm³/mol. The normalized spacial score (nSPS) is 21.2. The van der Waals surface area contributed by atoms with Crippen LogP contribution >= 0.6 is 34.5 Å². The molecule has 1 atom stereocenters. The van der Waals surface area contributed by atoms with Gasteiger partial charge in [-0.05, 0) is 61.8 Å². The van der Waals surface area contributed by atoms with Crippen molar-refractivity contribution in [2.75, 3.05) is 4.90 Å². The molecule has 0 saturated carbocycles. The number of allylic oxidation sites excluding steroid dienone is 2. The van der Waals surface area contributed by atoms with E-state index in [-0.39, 0.29) is 24.0 Å². The fourth-order valence-electron chi connectivity index (χ4n) is 5.46. The lowest BCUT2D eigenvalue weighted by Crippen LogP contribution is -2.40. The zero-order chi connectivity index (χ0) is 23.1. The van der Waals surface area contributed by atoms with E-state index in [0.29, 0.717) is 45.4 Å². The first kappa shape index (κ1) is 22.7. The topological polar surface area (TPSA) is 61.2 Å². The van der Waals surface area contributed by atoms with Gasteiger partial charge in [-0.1, -0.05) is 42.1 Å². The summed E-state index contributed by atoms with van der Waals surface area (Å²) >= 11 is 14.2. The summed E-state index contributed by atoms with van der Waals surface area (Å²) in [6.45, 7) is 0. The second kappa shape index (κ2) is 9.25. The van der Waals surface area contributed by atoms with Gasteiger partial charge in [0.25, 0.3) is 0 Å². The SMILES string of the molecule is N#Cc1c(N2C(=O)C[C@@H](c3ccc(Cl)cc3Cl)C3=C2CCCC3=O)sc2c1CCCCCC2. The van der Waals surface area contributed by atoms with Crippen LogP contribution in [0.3, 0.4) is 0 Å². The Morgan fingerprint density at radius 3 is 2.55 bits per heavy atom. The Morgan fingerprint density at radius 2 is 1.79 bits per heavy atom. The molecule has 2 aromatic rings. The van der Waals surface area contributed by atoms with Gasteiger partial charge in [0.05, 0.1) is 5.56 Å². The van der Waals surface area contributed by atoms with Crippen LogP contribution in [-0.4, -0.2) is 11.7 Å². The summed E-state index contributed by atoms with van der Waals surface area (Å²) in [7, 11) is 0. The number of nitriles is 1. The molecule has 0 fully saturated rings. The molecular weight excluding hydrogens is 475 g/mol. The Hall–Kier alpha value is -2.13. The van der Waals surface area contributed by atoms with Gasteiger partial charge in [0.2, 0.25) is 5.91 Å². The van der Waals surface area contributed by atoms with E-state index in [4.69, 9.17) is 23.2 Å². The van der Waals surface area contributed by atoms with Crippen LogP contribution in [0.5, 0.6) is 0 Å². The predicted octanol–water partition coefficient (Wildman–Crippen LogP) is 7.11. The van der Waals surface area contributed by atoms with Crippen molar-refractivity contribution in [1.82, 2.24) is 0 Å². The van der Waals surface area contributed by atoms with Crippen molar-refractivity contribution in [3.05, 3.63) is 61.1 Å². The Morgan fingerprint density at radius 1 is 1.00 bits per heavy atom. The van der Waals surface area contributed by atoms with Gasteiger partial charge >= 0.3 is 0 Å². The molecule has 1 aromatic heterocycles. The number of anilines is 1. The lowest BCUT2D eigenvalue weighted by atomic mass is 9.77. The number of aryl methyl sites for hydroxylation is 1. The highest BCUT2D eigenvalue weighted by molar-refractivity contribution is 7.16. The molecule has 0 N–H and O–H groups in total. The molecular formula is C26H24Cl2N2O2S. The molecule has 33 heavy (non-hydrogen) atoms. The zero-order valence-electron chi connectivity index (χ0n) is 18.3. The van der Waals surface area contributed by atoms with Gasteiger partial charge in [-0.3, -0.25) is 14.5 Å². The summed E-state index contributed by atoms with van der Waals surface area (Å²) < 4.78 is 0. The van der Waals surface area contributed by atoms with Crippen molar-refractivity contribution < 1.29 is 9.59 Å². The Labute approximate surface area is 207 Å². The second-order valence-corrected chi connectivity index (χ2v) is 10.9. The van der Waals surface area contributed by atoms with Crippen molar-refractivity contribution in [2.45, 2.75) is 70.1 Å². The minimum absolute atomic E-state index is 0.0678. The lowest BCUT2D eigenvalue weighted by Gasteiger charge is -2.38. The van der Waals surface area contributed by atoms with E-state index in [2.05, 4.69) is 6.07 Å². The number of nitrogens with zero attached hydrogens (tertiary/aromatic N) is 2. The van der Waals surface area contributed by atoms with E-state index >= 15 is 0 Å². The lowest BCUT2D eigenvalue weighted by molar-refractivity contribution is -0.119. The van der Waals surface area contributed by atoms with Crippen molar-refractivity contribution in [1.29, 1.82) is 5.26 Å². The molecule has 1 amide bonds. The Kier molecular flexibility index (Phi) is 6.35. The number of benzene rings is 1. The van der Waals surface area contributed by atoms with E-state index in [0.717, 1.165) is 42.5 Å². The fraction of sp³-hybridized carbons (Fsp3) is 0.423. The van der Waals surface area contributed by atoms with E-state index < -0.39 is 0 Å². The van der Waals surface area contributed by atoms with Gasteiger partial charge in [-0.15, -0.1) is 11.3 Å². The average molecular weight is 499 g/mol. The fourth-order valence-corrected chi connectivity index (χ4v) is 7.38. The molecule has 1 aliphatic heterocycles. The summed E-state index contributed by atoms with van der Waals surface area (Å²) in [5, 5.41) is 11.8. The maximum Gasteiger partial charge on any atom is 0.232 e. The molecule has 2 aliphatic carbocycles. The van der Waals surface area contributed by atoms with E-state index in [9.17, 15) is 14.9 Å². The summed E-state index contributed by atoms with van der Waals surface area (Å²) in [6.07, 6.45) is 8.33. The number of carbonyl (C=O) groups excluding carboxylic acids is 2. The molecule has 0 saturated heterocycles. The first-order chi connectivity index (χ1) is 16.0. The van der Waals surface area contributed by atoms with Crippen LogP contribution in [0, 0.1) is 11.3 Å². The molecule has 0 unspecified atom stereocenters. The monoisotopic (exact) mass is 498 g/mol. The zero-order valence-corrected chi connectivity index (χ0v) is 20.6. The number of hydrogen-bond acceptors (Lipinski definition) is 4. The first-order valence-electron chi connectivity index (χ1n) is 11.6. The molecule has 0 radical (unpaired) electrons. The molecule has 7 heteroatoms. The first-order valence-corrected chi connectivity index (χ1v) is 13.2. The van der Waals surface area contributed by atoms with Crippen molar-refractivity contribution >= 4 is 51.2 Å². The minimum atomic E-state index is -0.382. The number of thiophene rings is 1. The molecule has 3 aliphatic rings. The minimum Gasteiger partial charge on any atom is -0.294 e. The highest BCUT2D eigenvalue weighted by Gasteiger charge is 2.42. The van der Waals surface area contributed by atoms with Gasteiger partial charge in [0.1, 0.15) is 11.1 Å². The van der Waals surface area contributed by atoms with Crippen LogP contribution in [0.4, 0.5) is 5.00 Å². The van der Waals surface area contributed by atoms with Gasteiger partial charge in [0.15, 0.2) is 5.78 Å². The van der Waals surface area contributed by atoms with Crippen molar-refractivity contribution in [3.8, 4) is 6.07 Å². The van der Waals surface area contributed by atoms with Crippen LogP contribution in [0.1, 0.15) is 78.9 Å². The number of carbonyl (C=O) groups is 2. The molecule has 4 nitrogen and oxygen atoms in total. The van der Waals surface area contributed by atoms with Crippen molar-refractivity contribution in [2.24, 2.45) is 0 Å². The largest absolute Gasteiger partial charge is 0.294 e. The van der Waals surface area contributed by atoms with Crippen LogP contribution in [0.2, 0.25) is 10.0 Å². The van der Waals surface area contributed by atoms with Crippen LogP contribution in [-0.2, 0) is 22.4 Å². The van der Waals surface area contributed by atoms with Crippen LogP contribution < -0.4 is 4.90 Å². The molecule has 2 heterocycles. The van der Waals surface area contributed by atoms with Gasteiger partial charge in [0, 0.05) is 45.0 Å². The number of halogens is 2. The van der Waals surface area contributed by atoms with Crippen molar-refractivity contribution in [3.63, 3.8) is 0 Å². The summed E-state index contributed by atoms with van der Waals surface area (Å²) in [4.78, 5) is 29.8. The molecule has 170 valence electrons. The third-order valence-electron chi connectivity index (χ3n) is 6.98.